The van der Waals surface area contributed by atoms with E-state index < -0.39 is 10.0 Å². The van der Waals surface area contributed by atoms with Crippen molar-refractivity contribution in [1.82, 2.24) is 0 Å². The molecule has 1 radical (unpaired) electrons. The van der Waals surface area contributed by atoms with Crippen molar-refractivity contribution in [1.29, 1.82) is 0 Å². The molecule has 121 valence electrons. The first kappa shape index (κ1) is 17.5. The highest BCUT2D eigenvalue weighted by Crippen LogP contribution is 2.25. The van der Waals surface area contributed by atoms with Gasteiger partial charge in [-0.25, -0.2) is 8.42 Å². The predicted molar refractivity (Wildman–Crippen MR) is 92.2 cm³/mol. The van der Waals surface area contributed by atoms with Gasteiger partial charge in [-0.15, -0.1) is 0 Å². The van der Waals surface area contributed by atoms with Crippen LogP contribution in [0.5, 0.6) is 0 Å². The molecule has 6 heteroatoms. The van der Waals surface area contributed by atoms with Gasteiger partial charge in [0.15, 0.2) is 0 Å². The average molecular weight is 351 g/mol. The Morgan fingerprint density at radius 2 is 1.65 bits per heavy atom. The third kappa shape index (κ3) is 4.12. The summed E-state index contributed by atoms with van der Waals surface area (Å²) in [6, 6.07) is 10.9. The lowest BCUT2D eigenvalue weighted by Gasteiger charge is -2.19. The fourth-order valence-electron chi connectivity index (χ4n) is 2.03. The number of halogens is 1. The third-order valence-electron chi connectivity index (χ3n) is 3.37. The Morgan fingerprint density at radius 1 is 1.04 bits per heavy atom. The SMILES string of the molecule is CC(C)(C)c1ccc(S(=O)(=O)Nc2ccc(Cl)cc2[C]=O)cc1. The summed E-state index contributed by atoms with van der Waals surface area (Å²) in [7, 11) is -3.79. The second-order valence-corrected chi connectivity index (χ2v) is 8.29. The molecule has 2 aromatic rings. The Bertz CT molecular complexity index is 822. The number of sulfonamides is 1. The summed E-state index contributed by atoms with van der Waals surface area (Å²) in [5.41, 5.74) is 1.17. The number of anilines is 1. The minimum atomic E-state index is -3.79. The lowest BCUT2D eigenvalue weighted by Crippen LogP contribution is -2.15. The number of nitrogens with one attached hydrogen (secondary N) is 1. The number of hydrogen-bond acceptors (Lipinski definition) is 3. The molecule has 0 fully saturated rings. The zero-order chi connectivity index (χ0) is 17.3. The van der Waals surface area contributed by atoms with Gasteiger partial charge in [-0.1, -0.05) is 44.5 Å². The van der Waals surface area contributed by atoms with Crippen LogP contribution in [0.25, 0.3) is 0 Å². The van der Waals surface area contributed by atoms with E-state index in [1.54, 1.807) is 30.6 Å². The van der Waals surface area contributed by atoms with Crippen molar-refractivity contribution in [2.45, 2.75) is 31.1 Å². The Balaban J connectivity index is 2.34. The zero-order valence-corrected chi connectivity index (χ0v) is 14.6. The van der Waals surface area contributed by atoms with E-state index in [1.807, 2.05) is 0 Å². The van der Waals surface area contributed by atoms with Crippen molar-refractivity contribution in [3.05, 3.63) is 58.6 Å². The smallest absolute Gasteiger partial charge is 0.261 e. The van der Waals surface area contributed by atoms with E-state index in [-0.39, 0.29) is 21.6 Å². The maximum atomic E-state index is 12.4. The van der Waals surface area contributed by atoms with Gasteiger partial charge in [0.2, 0.25) is 6.29 Å². The summed E-state index contributed by atoms with van der Waals surface area (Å²) in [5, 5.41) is 0.334. The van der Waals surface area contributed by atoms with Gasteiger partial charge in [0.1, 0.15) is 0 Å². The molecule has 0 amide bonds. The molecule has 0 unspecified atom stereocenters. The minimum Gasteiger partial charge on any atom is -0.285 e. The number of hydrogen-bond donors (Lipinski definition) is 1. The van der Waals surface area contributed by atoms with Crippen molar-refractivity contribution in [3.63, 3.8) is 0 Å². The first-order valence-electron chi connectivity index (χ1n) is 6.94. The summed E-state index contributed by atoms with van der Waals surface area (Å²) >= 11 is 5.79. The van der Waals surface area contributed by atoms with Crippen LogP contribution in [0.2, 0.25) is 5.02 Å². The summed E-state index contributed by atoms with van der Waals surface area (Å²) < 4.78 is 27.3. The molecule has 23 heavy (non-hydrogen) atoms. The van der Waals surface area contributed by atoms with Crippen LogP contribution in [0.15, 0.2) is 47.4 Å². The van der Waals surface area contributed by atoms with Crippen LogP contribution in [0.4, 0.5) is 5.69 Å². The second kappa shape index (κ2) is 6.34. The second-order valence-electron chi connectivity index (χ2n) is 6.17. The molecule has 0 aliphatic heterocycles. The Morgan fingerprint density at radius 3 is 2.17 bits per heavy atom. The van der Waals surface area contributed by atoms with Crippen LogP contribution in [-0.4, -0.2) is 14.7 Å². The molecule has 4 nitrogen and oxygen atoms in total. The van der Waals surface area contributed by atoms with E-state index in [9.17, 15) is 13.2 Å². The summed E-state index contributed by atoms with van der Waals surface area (Å²) in [4.78, 5) is 11.1. The first-order valence-corrected chi connectivity index (χ1v) is 8.81. The van der Waals surface area contributed by atoms with Crippen molar-refractivity contribution in [2.24, 2.45) is 0 Å². The number of benzene rings is 2. The van der Waals surface area contributed by atoms with Crippen molar-refractivity contribution in [3.8, 4) is 0 Å². The number of carbonyl (C=O) groups excluding carboxylic acids is 1. The van der Waals surface area contributed by atoms with E-state index in [1.165, 1.54) is 18.2 Å². The Labute approximate surface area is 141 Å². The molecule has 0 saturated carbocycles. The topological polar surface area (TPSA) is 63.2 Å². The summed E-state index contributed by atoms with van der Waals surface area (Å²) in [6.45, 7) is 6.15. The number of rotatable bonds is 4. The maximum Gasteiger partial charge on any atom is 0.261 e. The molecule has 0 aromatic heterocycles. The van der Waals surface area contributed by atoms with Crippen LogP contribution in [-0.2, 0) is 20.2 Å². The van der Waals surface area contributed by atoms with E-state index in [2.05, 4.69) is 25.5 Å². The van der Waals surface area contributed by atoms with E-state index in [4.69, 9.17) is 11.6 Å². The molecular weight excluding hydrogens is 334 g/mol. The van der Waals surface area contributed by atoms with Crippen molar-refractivity contribution < 1.29 is 13.2 Å². The minimum absolute atomic E-state index is 0.0624. The van der Waals surface area contributed by atoms with Gasteiger partial charge in [0, 0.05) is 5.02 Å². The predicted octanol–water partition coefficient (Wildman–Crippen LogP) is 3.90. The molecule has 1 N–H and O–H groups in total. The summed E-state index contributed by atoms with van der Waals surface area (Å²) in [6.07, 6.45) is 1.68. The lowest BCUT2D eigenvalue weighted by atomic mass is 9.87. The van der Waals surface area contributed by atoms with Gasteiger partial charge in [0.25, 0.3) is 10.0 Å². The fourth-order valence-corrected chi connectivity index (χ4v) is 3.28. The average Bonchev–Trinajstić information content (AvgIpc) is 2.48. The van der Waals surface area contributed by atoms with E-state index in [0.29, 0.717) is 5.02 Å². The zero-order valence-electron chi connectivity index (χ0n) is 13.1. The highest BCUT2D eigenvalue weighted by atomic mass is 35.5. The van der Waals surface area contributed by atoms with Gasteiger partial charge in [-0.05, 0) is 41.3 Å². The largest absolute Gasteiger partial charge is 0.285 e. The van der Waals surface area contributed by atoms with Crippen molar-refractivity contribution >= 4 is 33.6 Å². The quantitative estimate of drug-likeness (QED) is 0.909. The van der Waals surface area contributed by atoms with E-state index in [0.717, 1.165) is 5.56 Å². The first-order chi connectivity index (χ1) is 10.6. The lowest BCUT2D eigenvalue weighted by molar-refractivity contribution is 0.563. The Kier molecular flexibility index (Phi) is 4.82. The van der Waals surface area contributed by atoms with Crippen LogP contribution < -0.4 is 4.72 Å². The molecule has 0 bridgehead atoms. The van der Waals surface area contributed by atoms with Crippen LogP contribution in [0.3, 0.4) is 0 Å². The monoisotopic (exact) mass is 350 g/mol. The molecule has 0 aliphatic carbocycles. The van der Waals surface area contributed by atoms with Gasteiger partial charge in [0.05, 0.1) is 16.1 Å². The van der Waals surface area contributed by atoms with E-state index >= 15 is 0 Å². The normalized spacial score (nSPS) is 12.0. The third-order valence-corrected chi connectivity index (χ3v) is 4.98. The molecule has 0 heterocycles. The fraction of sp³-hybridized carbons (Fsp3) is 0.235. The molecular formula is C17H17ClNO3S. The van der Waals surface area contributed by atoms with Gasteiger partial charge >= 0.3 is 0 Å². The maximum absolute atomic E-state index is 12.4. The Hall–Kier alpha value is -1.85. The van der Waals surface area contributed by atoms with Crippen molar-refractivity contribution in [2.75, 3.05) is 4.72 Å². The molecule has 2 aromatic carbocycles. The van der Waals surface area contributed by atoms with Crippen LogP contribution in [0.1, 0.15) is 31.9 Å². The highest BCUT2D eigenvalue weighted by Gasteiger charge is 2.19. The van der Waals surface area contributed by atoms with Crippen LogP contribution >= 0.6 is 11.6 Å². The molecule has 0 atom stereocenters. The molecule has 2 rings (SSSR count). The molecule has 0 spiro atoms. The molecule has 0 saturated heterocycles. The standard InChI is InChI=1S/C17H17ClNO3S/c1-17(2,3)13-4-7-15(8-5-13)23(21,22)19-16-9-6-14(18)10-12(16)11-20/h4-10,19H,1-3H3. The summed E-state index contributed by atoms with van der Waals surface area (Å²) in [5.74, 6) is 0. The highest BCUT2D eigenvalue weighted by molar-refractivity contribution is 7.92. The van der Waals surface area contributed by atoms with Crippen LogP contribution in [0, 0.1) is 0 Å². The van der Waals surface area contributed by atoms with Gasteiger partial charge in [-0.2, -0.15) is 0 Å². The van der Waals surface area contributed by atoms with Gasteiger partial charge < -0.3 is 0 Å². The molecule has 0 aliphatic rings. The van der Waals surface area contributed by atoms with Gasteiger partial charge in [-0.3, -0.25) is 9.52 Å².